The summed E-state index contributed by atoms with van der Waals surface area (Å²) in [5.74, 6) is 0. The van der Waals surface area contributed by atoms with Crippen LogP contribution in [-0.2, 0) is 4.74 Å². The van der Waals surface area contributed by atoms with Crippen molar-refractivity contribution < 1.29 is 14.3 Å². The Morgan fingerprint density at radius 3 is 3.31 bits per heavy atom. The molecule has 1 aromatic heterocycles. The number of aliphatic hydroxyl groups is 1. The van der Waals surface area contributed by atoms with Crippen LogP contribution in [0.2, 0.25) is 0 Å². The number of aliphatic hydroxyl groups excluding tert-OH is 1. The Morgan fingerprint density at radius 1 is 1.69 bits per heavy atom. The minimum absolute atomic E-state index is 0.0185. The Kier molecular flexibility index (Phi) is 2.42. The fourth-order valence-electron chi connectivity index (χ4n) is 1.31. The molecule has 0 aliphatic carbocycles. The van der Waals surface area contributed by atoms with E-state index in [4.69, 9.17) is 14.3 Å². The fourth-order valence-corrected chi connectivity index (χ4v) is 1.31. The van der Waals surface area contributed by atoms with Crippen molar-refractivity contribution in [2.24, 2.45) is 0 Å². The second-order valence-electron chi connectivity index (χ2n) is 2.84. The van der Waals surface area contributed by atoms with Crippen LogP contribution in [-0.4, -0.2) is 47.7 Å². The van der Waals surface area contributed by atoms with E-state index in [0.29, 0.717) is 19.2 Å². The summed E-state index contributed by atoms with van der Waals surface area (Å²) in [5, 5.41) is 16.3. The van der Waals surface area contributed by atoms with Gasteiger partial charge in [-0.15, -0.1) is 5.10 Å². The summed E-state index contributed by atoms with van der Waals surface area (Å²) in [6, 6.07) is 0.488. The molecule has 0 aromatic carbocycles. The molecule has 72 valence electrons. The predicted octanol–water partition coefficient (Wildman–Crippen LogP) is -0.733. The monoisotopic (exact) mass is 185 g/mol. The highest BCUT2D eigenvalue weighted by atomic mass is 16.5. The molecule has 0 amide bonds. The van der Waals surface area contributed by atoms with Crippen LogP contribution in [0.5, 0.6) is 0 Å². The molecule has 13 heavy (non-hydrogen) atoms. The quantitative estimate of drug-likeness (QED) is 0.654. The second kappa shape index (κ2) is 3.71. The zero-order valence-electron chi connectivity index (χ0n) is 7.09. The zero-order chi connectivity index (χ0) is 9.10. The highest BCUT2D eigenvalue weighted by Gasteiger charge is 2.22. The van der Waals surface area contributed by atoms with E-state index in [0.717, 1.165) is 6.54 Å². The van der Waals surface area contributed by atoms with Crippen molar-refractivity contribution in [2.45, 2.75) is 6.10 Å². The summed E-state index contributed by atoms with van der Waals surface area (Å²) in [6.07, 6.45) is 1.14. The lowest BCUT2D eigenvalue weighted by Crippen LogP contribution is -2.44. The molecule has 1 N–H and O–H groups in total. The maximum absolute atomic E-state index is 8.89. The van der Waals surface area contributed by atoms with Crippen LogP contribution in [0.1, 0.15) is 0 Å². The van der Waals surface area contributed by atoms with Crippen LogP contribution < -0.4 is 4.90 Å². The highest BCUT2D eigenvalue weighted by Crippen LogP contribution is 2.13. The molecule has 1 unspecified atom stereocenters. The van der Waals surface area contributed by atoms with Gasteiger partial charge in [0.1, 0.15) is 0 Å². The third kappa shape index (κ3) is 1.78. The van der Waals surface area contributed by atoms with Gasteiger partial charge < -0.3 is 19.2 Å². The van der Waals surface area contributed by atoms with Gasteiger partial charge in [0.15, 0.2) is 0 Å². The van der Waals surface area contributed by atoms with Gasteiger partial charge in [0.05, 0.1) is 25.9 Å². The number of nitrogens with zero attached hydrogens (tertiary/aromatic N) is 3. The van der Waals surface area contributed by atoms with Gasteiger partial charge in [0, 0.05) is 6.54 Å². The van der Waals surface area contributed by atoms with Gasteiger partial charge in [0.25, 0.3) is 0 Å². The van der Waals surface area contributed by atoms with Gasteiger partial charge in [-0.2, -0.15) is 0 Å². The summed E-state index contributed by atoms with van der Waals surface area (Å²) < 4.78 is 10.3. The first-order valence-corrected chi connectivity index (χ1v) is 4.13. The van der Waals surface area contributed by atoms with Crippen LogP contribution >= 0.6 is 0 Å². The summed E-state index contributed by atoms with van der Waals surface area (Å²) in [5.41, 5.74) is 0. The molecule has 1 atom stereocenters. The van der Waals surface area contributed by atoms with Crippen LogP contribution in [0.4, 0.5) is 6.01 Å². The van der Waals surface area contributed by atoms with Gasteiger partial charge in [0.2, 0.25) is 6.39 Å². The number of ether oxygens (including phenoxy) is 1. The Morgan fingerprint density at radius 2 is 2.62 bits per heavy atom. The molecule has 1 aliphatic heterocycles. The third-order valence-electron chi connectivity index (χ3n) is 1.96. The molecule has 0 saturated carbocycles. The van der Waals surface area contributed by atoms with Gasteiger partial charge >= 0.3 is 6.01 Å². The molecule has 1 fully saturated rings. The van der Waals surface area contributed by atoms with Crippen molar-refractivity contribution in [3.63, 3.8) is 0 Å². The molecule has 2 heterocycles. The number of aromatic nitrogens is 2. The Labute approximate surface area is 75.1 Å². The number of hydrogen-bond acceptors (Lipinski definition) is 6. The fraction of sp³-hybridized carbons (Fsp3) is 0.714. The molecule has 6 heteroatoms. The van der Waals surface area contributed by atoms with Crippen molar-refractivity contribution >= 4 is 6.01 Å². The summed E-state index contributed by atoms with van der Waals surface area (Å²) in [7, 11) is 0. The van der Waals surface area contributed by atoms with Crippen molar-refractivity contribution in [2.75, 3.05) is 31.2 Å². The maximum atomic E-state index is 8.89. The first kappa shape index (κ1) is 8.46. The first-order valence-electron chi connectivity index (χ1n) is 4.13. The normalized spacial score (nSPS) is 23.5. The summed E-state index contributed by atoms with van der Waals surface area (Å²) in [6.45, 7) is 1.91. The van der Waals surface area contributed by atoms with Gasteiger partial charge in [-0.3, -0.25) is 0 Å². The lowest BCUT2D eigenvalue weighted by atomic mass is 10.3. The molecule has 6 nitrogen and oxygen atoms in total. The second-order valence-corrected chi connectivity index (χ2v) is 2.84. The molecule has 1 aliphatic rings. The zero-order valence-corrected chi connectivity index (χ0v) is 7.09. The molecular formula is C7H11N3O3. The molecular weight excluding hydrogens is 174 g/mol. The predicted molar refractivity (Wildman–Crippen MR) is 43.3 cm³/mol. The largest absolute Gasteiger partial charge is 0.411 e. The van der Waals surface area contributed by atoms with E-state index in [1.807, 2.05) is 4.90 Å². The molecule has 1 saturated heterocycles. The van der Waals surface area contributed by atoms with E-state index in [-0.39, 0.29) is 12.7 Å². The smallest absolute Gasteiger partial charge is 0.318 e. The topological polar surface area (TPSA) is 71.6 Å². The van der Waals surface area contributed by atoms with Crippen molar-refractivity contribution in [1.82, 2.24) is 10.2 Å². The van der Waals surface area contributed by atoms with E-state index in [9.17, 15) is 0 Å². The minimum atomic E-state index is -0.152. The van der Waals surface area contributed by atoms with Gasteiger partial charge in [-0.25, -0.2) is 0 Å². The molecule has 2 rings (SSSR count). The van der Waals surface area contributed by atoms with Crippen LogP contribution in [0, 0.1) is 0 Å². The van der Waals surface area contributed by atoms with Crippen LogP contribution in [0.15, 0.2) is 10.8 Å². The average Bonchev–Trinajstić information content (AvgIpc) is 2.71. The van der Waals surface area contributed by atoms with E-state index < -0.39 is 0 Å². The molecule has 0 spiro atoms. The maximum Gasteiger partial charge on any atom is 0.318 e. The van der Waals surface area contributed by atoms with Crippen molar-refractivity contribution in [3.8, 4) is 0 Å². The van der Waals surface area contributed by atoms with Crippen LogP contribution in [0.25, 0.3) is 0 Å². The van der Waals surface area contributed by atoms with E-state index in [1.165, 1.54) is 6.39 Å². The highest BCUT2D eigenvalue weighted by molar-refractivity contribution is 5.24. The van der Waals surface area contributed by atoms with E-state index in [2.05, 4.69) is 10.2 Å². The number of rotatable bonds is 2. The SMILES string of the molecule is OCC1CN(c2nnco2)CCO1. The Hall–Kier alpha value is -1.14. The summed E-state index contributed by atoms with van der Waals surface area (Å²) in [4.78, 5) is 1.90. The average molecular weight is 185 g/mol. The Bertz CT molecular complexity index is 251. The lowest BCUT2D eigenvalue weighted by molar-refractivity contribution is 0.00228. The molecule has 0 bridgehead atoms. The van der Waals surface area contributed by atoms with Gasteiger partial charge in [-0.1, -0.05) is 5.10 Å². The van der Waals surface area contributed by atoms with Gasteiger partial charge in [-0.05, 0) is 0 Å². The summed E-state index contributed by atoms with van der Waals surface area (Å²) >= 11 is 0. The number of hydrogen-bond donors (Lipinski definition) is 1. The van der Waals surface area contributed by atoms with Crippen LogP contribution in [0.3, 0.4) is 0 Å². The number of anilines is 1. The number of morpholine rings is 1. The van der Waals surface area contributed by atoms with E-state index >= 15 is 0 Å². The molecule has 1 aromatic rings. The van der Waals surface area contributed by atoms with Crippen molar-refractivity contribution in [3.05, 3.63) is 6.39 Å². The van der Waals surface area contributed by atoms with E-state index in [1.54, 1.807) is 0 Å². The lowest BCUT2D eigenvalue weighted by Gasteiger charge is -2.30. The standard InChI is InChI=1S/C7H11N3O3/c11-4-6-3-10(1-2-12-6)7-9-8-5-13-7/h5-6,11H,1-4H2. The Balaban J connectivity index is 2.00. The minimum Gasteiger partial charge on any atom is -0.411 e. The molecule has 0 radical (unpaired) electrons. The third-order valence-corrected chi connectivity index (χ3v) is 1.96. The first-order chi connectivity index (χ1) is 6.40. The van der Waals surface area contributed by atoms with Crippen molar-refractivity contribution in [1.29, 1.82) is 0 Å².